The van der Waals surface area contributed by atoms with Gasteiger partial charge in [0.1, 0.15) is 11.0 Å². The van der Waals surface area contributed by atoms with E-state index >= 15 is 0 Å². The molecule has 0 aromatic heterocycles. The monoisotopic (exact) mass is 712 g/mol. The van der Waals surface area contributed by atoms with Crippen molar-refractivity contribution in [2.24, 2.45) is 5.92 Å². The summed E-state index contributed by atoms with van der Waals surface area (Å²) in [6, 6.07) is 13.1. The lowest BCUT2D eigenvalue weighted by atomic mass is 9.72. The third-order valence-corrected chi connectivity index (χ3v) is 13.3. The summed E-state index contributed by atoms with van der Waals surface area (Å²) in [5, 5.41) is 3.35. The number of benzene rings is 2. The van der Waals surface area contributed by atoms with Gasteiger partial charge in [0, 0.05) is 55.9 Å². The van der Waals surface area contributed by atoms with Gasteiger partial charge in [0.25, 0.3) is 0 Å². The van der Waals surface area contributed by atoms with Crippen molar-refractivity contribution < 1.29 is 17.9 Å². The van der Waals surface area contributed by atoms with Crippen LogP contribution in [0.15, 0.2) is 47.4 Å². The van der Waals surface area contributed by atoms with Crippen molar-refractivity contribution in [1.82, 2.24) is 19.4 Å². The van der Waals surface area contributed by atoms with Crippen molar-refractivity contribution in [1.29, 1.82) is 0 Å². The van der Waals surface area contributed by atoms with Gasteiger partial charge in [-0.2, -0.15) is 4.31 Å². The van der Waals surface area contributed by atoms with Crippen LogP contribution in [0.4, 0.5) is 0 Å². The predicted octanol–water partition coefficient (Wildman–Crippen LogP) is 6.13. The van der Waals surface area contributed by atoms with Gasteiger partial charge in [-0.15, -0.1) is 0 Å². The van der Waals surface area contributed by atoms with E-state index in [4.69, 9.17) is 39.5 Å². The molecule has 5 rings (SSSR count). The van der Waals surface area contributed by atoms with Crippen LogP contribution in [0.2, 0.25) is 15.1 Å². The number of hydrogen-bond donors (Lipinski definition) is 1. The molecule has 2 aromatic rings. The van der Waals surface area contributed by atoms with Crippen molar-refractivity contribution in [2.75, 3.05) is 52.9 Å². The van der Waals surface area contributed by atoms with Crippen LogP contribution in [0.3, 0.4) is 0 Å². The lowest BCUT2D eigenvalue weighted by molar-refractivity contribution is -0.132. The summed E-state index contributed by atoms with van der Waals surface area (Å²) in [6.45, 7) is 7.22. The highest BCUT2D eigenvalue weighted by Crippen LogP contribution is 2.41. The lowest BCUT2D eigenvalue weighted by Crippen LogP contribution is -2.58. The molecular weight excluding hydrogens is 667 g/mol. The molecule has 254 valence electrons. The molecule has 2 unspecified atom stereocenters. The van der Waals surface area contributed by atoms with Gasteiger partial charge < -0.3 is 15.0 Å². The normalized spacial score (nSPS) is 25.8. The maximum Gasteiger partial charge on any atom is 0.248 e. The van der Waals surface area contributed by atoms with E-state index < -0.39 is 22.2 Å². The Balaban J connectivity index is 1.11. The summed E-state index contributed by atoms with van der Waals surface area (Å²) in [7, 11) is -1.77. The Morgan fingerprint density at radius 1 is 1.00 bits per heavy atom. The fourth-order valence-electron chi connectivity index (χ4n) is 7.35. The van der Waals surface area contributed by atoms with Crippen LogP contribution in [0.1, 0.15) is 57.4 Å². The Morgan fingerprint density at radius 3 is 2.30 bits per heavy atom. The van der Waals surface area contributed by atoms with Gasteiger partial charge in [0.2, 0.25) is 15.9 Å². The Morgan fingerprint density at radius 2 is 1.65 bits per heavy atom. The number of carbonyl (C=O) groups excluding carboxylic acids is 1. The molecule has 0 spiro atoms. The summed E-state index contributed by atoms with van der Waals surface area (Å²) in [5.74, 6) is 0.258. The van der Waals surface area contributed by atoms with E-state index in [2.05, 4.69) is 52.5 Å². The van der Waals surface area contributed by atoms with Gasteiger partial charge in [0.15, 0.2) is 0 Å². The Kier molecular flexibility index (Phi) is 12.4. The second-order valence-electron chi connectivity index (χ2n) is 13.3. The van der Waals surface area contributed by atoms with Gasteiger partial charge >= 0.3 is 0 Å². The van der Waals surface area contributed by atoms with Crippen molar-refractivity contribution in [3.8, 4) is 0 Å². The van der Waals surface area contributed by atoms with E-state index in [0.29, 0.717) is 31.8 Å². The first-order valence-corrected chi connectivity index (χ1v) is 19.1. The molecule has 2 heterocycles. The lowest BCUT2D eigenvalue weighted by Gasteiger charge is -2.51. The van der Waals surface area contributed by atoms with Gasteiger partial charge in [-0.1, -0.05) is 65.1 Å². The van der Waals surface area contributed by atoms with E-state index in [1.807, 2.05) is 0 Å². The number of amides is 1. The van der Waals surface area contributed by atoms with Crippen molar-refractivity contribution in [2.45, 2.75) is 80.9 Å². The van der Waals surface area contributed by atoms with Gasteiger partial charge in [0.05, 0.1) is 16.7 Å². The maximum absolute atomic E-state index is 13.5. The average molecular weight is 714 g/mol. The smallest absolute Gasteiger partial charge is 0.248 e. The third kappa shape index (κ3) is 8.58. The minimum absolute atomic E-state index is 0.0171. The standard InChI is InChI=1S/C34H47Cl3N4O4S/c1-25(45-24-29-9-6-16-41(29)46(43,44)32-30(36)21-28(35)22-31(32)37)33(42)38-23-27-11-14-34(15-12-27,40-19-17-39(2)18-20-40)13-10-26-7-4-3-5-8-26/h3-5,7-8,21-22,25,27,29H,6,9-20,23-24H2,1-2H3,(H,38,42). The minimum atomic E-state index is -3.98. The molecule has 8 nitrogen and oxygen atoms in total. The quantitative estimate of drug-likeness (QED) is 0.285. The highest BCUT2D eigenvalue weighted by Gasteiger charge is 2.41. The van der Waals surface area contributed by atoms with Crippen molar-refractivity contribution in [3.63, 3.8) is 0 Å². The number of ether oxygens (including phenoxy) is 1. The van der Waals surface area contributed by atoms with E-state index in [-0.39, 0.29) is 38.0 Å². The fourth-order valence-corrected chi connectivity index (χ4v) is 10.5. The van der Waals surface area contributed by atoms with Crippen LogP contribution in [-0.2, 0) is 26.0 Å². The zero-order valence-corrected chi connectivity index (χ0v) is 30.0. The number of piperazine rings is 1. The SMILES string of the molecule is CC(OCC1CCCN1S(=O)(=O)c1c(Cl)cc(Cl)cc1Cl)C(=O)NCC1CCC(CCc2ccccc2)(N2CCN(C)CC2)CC1. The molecular formula is C34H47Cl3N4O4S. The first kappa shape index (κ1) is 35.9. The first-order chi connectivity index (χ1) is 22.0. The highest BCUT2D eigenvalue weighted by atomic mass is 35.5. The largest absolute Gasteiger partial charge is 0.367 e. The molecule has 2 atom stereocenters. The topological polar surface area (TPSA) is 82.2 Å². The minimum Gasteiger partial charge on any atom is -0.367 e. The highest BCUT2D eigenvalue weighted by molar-refractivity contribution is 7.89. The molecule has 0 bridgehead atoms. The second-order valence-corrected chi connectivity index (χ2v) is 16.4. The molecule has 3 aliphatic rings. The number of likely N-dealkylation sites (N-methyl/N-ethyl adjacent to an activating group) is 1. The van der Waals surface area contributed by atoms with Gasteiger partial charge in [-0.3, -0.25) is 9.69 Å². The molecule has 2 aliphatic heterocycles. The van der Waals surface area contributed by atoms with E-state index in [1.165, 1.54) is 22.0 Å². The van der Waals surface area contributed by atoms with E-state index in [9.17, 15) is 13.2 Å². The van der Waals surface area contributed by atoms with E-state index in [1.54, 1.807) is 6.92 Å². The number of carbonyl (C=O) groups is 1. The zero-order chi connectivity index (χ0) is 32.9. The van der Waals surface area contributed by atoms with Crippen molar-refractivity contribution in [3.05, 3.63) is 63.1 Å². The van der Waals surface area contributed by atoms with Gasteiger partial charge in [-0.05, 0) is 89.0 Å². The number of hydrogen-bond acceptors (Lipinski definition) is 6. The van der Waals surface area contributed by atoms with Crippen LogP contribution in [0.5, 0.6) is 0 Å². The molecule has 2 saturated heterocycles. The maximum atomic E-state index is 13.5. The fraction of sp³-hybridized carbons (Fsp3) is 0.618. The second kappa shape index (κ2) is 15.9. The molecule has 1 aliphatic carbocycles. The number of halogens is 3. The first-order valence-electron chi connectivity index (χ1n) is 16.5. The van der Waals surface area contributed by atoms with Crippen LogP contribution < -0.4 is 5.32 Å². The Bertz CT molecular complexity index is 1410. The van der Waals surface area contributed by atoms with Crippen LogP contribution in [-0.4, -0.2) is 99.0 Å². The summed E-state index contributed by atoms with van der Waals surface area (Å²) >= 11 is 18.5. The predicted molar refractivity (Wildman–Crippen MR) is 185 cm³/mol. The number of nitrogens with one attached hydrogen (secondary N) is 1. The van der Waals surface area contributed by atoms with Crippen LogP contribution in [0.25, 0.3) is 0 Å². The summed E-state index contributed by atoms with van der Waals surface area (Å²) in [4.78, 5) is 18.1. The molecule has 1 N–H and O–H groups in total. The number of nitrogens with zero attached hydrogens (tertiary/aromatic N) is 3. The average Bonchev–Trinajstić information content (AvgIpc) is 3.52. The third-order valence-electron chi connectivity index (χ3n) is 10.3. The van der Waals surface area contributed by atoms with Crippen LogP contribution in [0, 0.1) is 5.92 Å². The zero-order valence-electron chi connectivity index (χ0n) is 26.9. The molecule has 1 saturated carbocycles. The molecule has 2 aromatic carbocycles. The Labute approximate surface area is 289 Å². The molecule has 3 fully saturated rings. The summed E-state index contributed by atoms with van der Waals surface area (Å²) < 4.78 is 34.3. The Hall–Kier alpha value is -1.43. The van der Waals surface area contributed by atoms with Crippen LogP contribution >= 0.6 is 34.8 Å². The number of rotatable bonds is 12. The van der Waals surface area contributed by atoms with E-state index in [0.717, 1.165) is 64.7 Å². The molecule has 0 radical (unpaired) electrons. The summed E-state index contributed by atoms with van der Waals surface area (Å²) in [6.07, 6.45) is 7.30. The van der Waals surface area contributed by atoms with Gasteiger partial charge in [-0.25, -0.2) is 8.42 Å². The molecule has 12 heteroatoms. The number of aryl methyl sites for hydroxylation is 1. The molecule has 46 heavy (non-hydrogen) atoms. The van der Waals surface area contributed by atoms with Crippen molar-refractivity contribution >= 4 is 50.7 Å². The number of sulfonamides is 1. The molecule has 1 amide bonds. The summed E-state index contributed by atoms with van der Waals surface area (Å²) in [5.41, 5.74) is 1.61.